The van der Waals surface area contributed by atoms with E-state index in [1.165, 1.54) is 6.07 Å². The Balaban J connectivity index is 2.73. The van der Waals surface area contributed by atoms with Crippen molar-refractivity contribution in [3.8, 4) is 5.75 Å². The van der Waals surface area contributed by atoms with Gasteiger partial charge < -0.3 is 10.4 Å². The lowest BCUT2D eigenvalue weighted by molar-refractivity contribution is 0.0943. The zero-order valence-corrected chi connectivity index (χ0v) is 12.9. The Kier molecular flexibility index (Phi) is 4.97. The molecule has 1 atom stereocenters. The molecule has 18 heavy (non-hydrogen) atoms. The van der Waals surface area contributed by atoms with Crippen LogP contribution in [0, 0.1) is 3.57 Å². The van der Waals surface area contributed by atoms with Gasteiger partial charge in [-0.3, -0.25) is 4.79 Å². The van der Waals surface area contributed by atoms with E-state index in [4.69, 9.17) is 0 Å². The number of sulfone groups is 1. The Bertz CT molecular complexity index is 556. The van der Waals surface area contributed by atoms with Crippen molar-refractivity contribution < 1.29 is 18.3 Å². The van der Waals surface area contributed by atoms with Gasteiger partial charge in [0.15, 0.2) is 0 Å². The Morgan fingerprint density at radius 3 is 2.61 bits per heavy atom. The number of carbonyl (C=O) groups is 1. The first-order valence-corrected chi connectivity index (χ1v) is 8.30. The van der Waals surface area contributed by atoms with Crippen LogP contribution in [-0.4, -0.2) is 37.5 Å². The van der Waals surface area contributed by atoms with Crippen molar-refractivity contribution in [1.29, 1.82) is 0 Å². The fourth-order valence-corrected chi connectivity index (χ4v) is 2.78. The molecule has 0 aromatic heterocycles. The van der Waals surface area contributed by atoms with Crippen LogP contribution in [0.4, 0.5) is 0 Å². The maximum Gasteiger partial charge on any atom is 0.251 e. The predicted octanol–water partition coefficient (Wildman–Crippen LogP) is 1.16. The third kappa shape index (κ3) is 4.81. The van der Waals surface area contributed by atoms with Gasteiger partial charge >= 0.3 is 0 Å². The first kappa shape index (κ1) is 15.2. The first-order chi connectivity index (χ1) is 8.19. The molecule has 5 nitrogen and oxygen atoms in total. The number of aromatic hydroxyl groups is 1. The van der Waals surface area contributed by atoms with Gasteiger partial charge in [0.1, 0.15) is 15.6 Å². The molecule has 7 heteroatoms. The van der Waals surface area contributed by atoms with Crippen molar-refractivity contribution in [2.45, 2.75) is 13.0 Å². The minimum atomic E-state index is -3.13. The van der Waals surface area contributed by atoms with E-state index in [9.17, 15) is 18.3 Å². The number of carbonyl (C=O) groups excluding carboxylic acids is 1. The highest BCUT2D eigenvalue weighted by atomic mass is 127. The van der Waals surface area contributed by atoms with Crippen LogP contribution < -0.4 is 5.32 Å². The van der Waals surface area contributed by atoms with Crippen LogP contribution in [0.15, 0.2) is 18.2 Å². The Hall–Kier alpha value is -0.830. The highest BCUT2D eigenvalue weighted by Crippen LogP contribution is 2.20. The quantitative estimate of drug-likeness (QED) is 0.765. The number of phenolic OH excluding ortho intramolecular Hbond substituents is 1. The minimum Gasteiger partial charge on any atom is -0.507 e. The largest absolute Gasteiger partial charge is 0.507 e. The number of hydrogen-bond acceptors (Lipinski definition) is 4. The summed E-state index contributed by atoms with van der Waals surface area (Å²) in [6, 6.07) is 4.06. The van der Waals surface area contributed by atoms with E-state index in [0.29, 0.717) is 9.13 Å². The van der Waals surface area contributed by atoms with Crippen LogP contribution in [0.25, 0.3) is 0 Å². The van der Waals surface area contributed by atoms with Gasteiger partial charge in [0.2, 0.25) is 0 Å². The average Bonchev–Trinajstić information content (AvgIpc) is 2.18. The van der Waals surface area contributed by atoms with Gasteiger partial charge in [-0.15, -0.1) is 0 Å². The van der Waals surface area contributed by atoms with Gasteiger partial charge in [0.05, 0.1) is 9.32 Å². The van der Waals surface area contributed by atoms with Gasteiger partial charge in [-0.05, 0) is 47.7 Å². The lowest BCUT2D eigenvalue weighted by Crippen LogP contribution is -2.37. The van der Waals surface area contributed by atoms with Crippen molar-refractivity contribution >= 4 is 38.3 Å². The number of hydrogen-bond donors (Lipinski definition) is 2. The second kappa shape index (κ2) is 5.87. The first-order valence-electron chi connectivity index (χ1n) is 5.16. The molecule has 1 aromatic rings. The molecule has 1 amide bonds. The minimum absolute atomic E-state index is 0.0269. The van der Waals surface area contributed by atoms with Gasteiger partial charge in [-0.2, -0.15) is 0 Å². The van der Waals surface area contributed by atoms with E-state index in [1.807, 2.05) is 22.6 Å². The molecule has 0 aliphatic rings. The number of phenols is 1. The van der Waals surface area contributed by atoms with Crippen LogP contribution in [0.1, 0.15) is 17.3 Å². The molecule has 2 N–H and O–H groups in total. The highest BCUT2D eigenvalue weighted by molar-refractivity contribution is 14.1. The van der Waals surface area contributed by atoms with Crippen molar-refractivity contribution in [3.05, 3.63) is 27.3 Å². The van der Waals surface area contributed by atoms with Gasteiger partial charge in [-0.25, -0.2) is 8.42 Å². The summed E-state index contributed by atoms with van der Waals surface area (Å²) in [5, 5.41) is 12.1. The molecule has 1 aromatic carbocycles. The van der Waals surface area contributed by atoms with E-state index >= 15 is 0 Å². The number of benzene rings is 1. The maximum atomic E-state index is 11.8. The summed E-state index contributed by atoms with van der Waals surface area (Å²) >= 11 is 1.95. The molecule has 1 unspecified atom stereocenters. The van der Waals surface area contributed by atoms with E-state index in [1.54, 1.807) is 19.1 Å². The molecule has 0 saturated heterocycles. The standard InChI is InChI=1S/C11H14INO4S/c1-7(6-18(2,16)17)13-11(15)8-3-4-9(12)10(14)5-8/h3-5,7,14H,6H2,1-2H3,(H,13,15). The van der Waals surface area contributed by atoms with E-state index in [-0.39, 0.29) is 11.5 Å². The highest BCUT2D eigenvalue weighted by Gasteiger charge is 2.15. The van der Waals surface area contributed by atoms with Gasteiger partial charge in [0, 0.05) is 17.9 Å². The molecule has 0 saturated carbocycles. The zero-order valence-electron chi connectivity index (χ0n) is 9.97. The third-order valence-electron chi connectivity index (χ3n) is 2.14. The molecule has 0 radical (unpaired) electrons. The Morgan fingerprint density at radius 2 is 2.11 bits per heavy atom. The molecular weight excluding hydrogens is 369 g/mol. The molecular formula is C11H14INO4S. The molecule has 0 aliphatic carbocycles. The maximum absolute atomic E-state index is 11.8. The second-order valence-electron chi connectivity index (χ2n) is 4.13. The monoisotopic (exact) mass is 383 g/mol. The summed E-state index contributed by atoms with van der Waals surface area (Å²) < 4.78 is 22.8. The smallest absolute Gasteiger partial charge is 0.251 e. The normalized spacial score (nSPS) is 13.1. The van der Waals surface area contributed by atoms with Crippen LogP contribution in [-0.2, 0) is 9.84 Å². The topological polar surface area (TPSA) is 83.5 Å². The van der Waals surface area contributed by atoms with Crippen LogP contribution in [0.5, 0.6) is 5.75 Å². The van der Waals surface area contributed by atoms with E-state index < -0.39 is 21.8 Å². The van der Waals surface area contributed by atoms with E-state index in [2.05, 4.69) is 5.32 Å². The molecule has 0 spiro atoms. The number of halogens is 1. The zero-order chi connectivity index (χ0) is 13.9. The fourth-order valence-electron chi connectivity index (χ4n) is 1.46. The van der Waals surface area contributed by atoms with Crippen molar-refractivity contribution in [1.82, 2.24) is 5.32 Å². The summed E-state index contributed by atoms with van der Waals surface area (Å²) in [6.07, 6.45) is 1.12. The third-order valence-corrected chi connectivity index (χ3v) is 4.16. The molecule has 0 heterocycles. The van der Waals surface area contributed by atoms with Gasteiger partial charge in [-0.1, -0.05) is 0 Å². The molecule has 0 aliphatic heterocycles. The molecule has 0 bridgehead atoms. The van der Waals surface area contributed by atoms with Crippen LogP contribution in [0.3, 0.4) is 0 Å². The number of rotatable bonds is 4. The SMILES string of the molecule is CC(CS(C)(=O)=O)NC(=O)c1ccc(I)c(O)c1. The van der Waals surface area contributed by atoms with Gasteiger partial charge in [0.25, 0.3) is 5.91 Å². The van der Waals surface area contributed by atoms with Crippen molar-refractivity contribution in [2.24, 2.45) is 0 Å². The lowest BCUT2D eigenvalue weighted by Gasteiger charge is -2.13. The fraction of sp³-hybridized carbons (Fsp3) is 0.364. The summed E-state index contributed by atoms with van der Waals surface area (Å²) in [6.45, 7) is 1.62. The Labute approximate surface area is 120 Å². The molecule has 100 valence electrons. The van der Waals surface area contributed by atoms with Crippen LogP contribution in [0.2, 0.25) is 0 Å². The summed E-state index contributed by atoms with van der Waals surface area (Å²) in [5.74, 6) is -0.494. The van der Waals surface area contributed by atoms with Crippen LogP contribution >= 0.6 is 22.6 Å². The lowest BCUT2D eigenvalue weighted by atomic mass is 10.2. The summed E-state index contributed by atoms with van der Waals surface area (Å²) in [5.41, 5.74) is 0.299. The van der Waals surface area contributed by atoms with Crippen molar-refractivity contribution in [3.63, 3.8) is 0 Å². The Morgan fingerprint density at radius 1 is 1.50 bits per heavy atom. The molecule has 1 rings (SSSR count). The second-order valence-corrected chi connectivity index (χ2v) is 7.48. The summed E-state index contributed by atoms with van der Waals surface area (Å²) in [7, 11) is -3.13. The predicted molar refractivity (Wildman–Crippen MR) is 77.5 cm³/mol. The average molecular weight is 383 g/mol. The number of nitrogens with one attached hydrogen (secondary N) is 1. The van der Waals surface area contributed by atoms with E-state index in [0.717, 1.165) is 6.26 Å². The van der Waals surface area contributed by atoms with Crippen molar-refractivity contribution in [2.75, 3.05) is 12.0 Å². The number of amides is 1. The summed E-state index contributed by atoms with van der Waals surface area (Å²) in [4.78, 5) is 11.8. The molecule has 0 fully saturated rings.